The maximum atomic E-state index is 12.8. The Hall–Kier alpha value is 0. The van der Waals surface area contributed by atoms with Crippen LogP contribution in [0.1, 0.15) is 26.7 Å². The van der Waals surface area contributed by atoms with Crippen molar-refractivity contribution in [3.63, 3.8) is 0 Å². The normalized spacial score (nSPS) is 21.9. The third kappa shape index (κ3) is 3.02. The number of hydrogen-bond donors (Lipinski definition) is 0. The number of piperidine rings is 1. The van der Waals surface area contributed by atoms with Crippen LogP contribution in [0.15, 0.2) is 0 Å². The molecular formula is C10H19ClF3NO. The molecule has 0 amide bonds. The maximum Gasteiger partial charge on any atom is 0.417 e. The highest BCUT2D eigenvalue weighted by Gasteiger charge is 2.56. The van der Waals surface area contributed by atoms with Gasteiger partial charge in [0.2, 0.25) is 0 Å². The molecule has 16 heavy (non-hydrogen) atoms. The van der Waals surface area contributed by atoms with E-state index in [-0.39, 0.29) is 25.2 Å². The summed E-state index contributed by atoms with van der Waals surface area (Å²) in [6.45, 7) is 4.89. The first kappa shape index (κ1) is 16.0. The van der Waals surface area contributed by atoms with E-state index in [1.54, 1.807) is 0 Å². The Bertz CT molecular complexity index is 213. The second kappa shape index (κ2) is 5.56. The number of nitrogens with zero attached hydrogens (tertiary/aromatic N) is 1. The second-order valence-electron chi connectivity index (χ2n) is 4.33. The van der Waals surface area contributed by atoms with Crippen molar-refractivity contribution >= 4 is 12.4 Å². The Kier molecular flexibility index (Phi) is 5.56. The summed E-state index contributed by atoms with van der Waals surface area (Å²) in [5.74, 6) is 0. The smallest absolute Gasteiger partial charge is 0.369 e. The quantitative estimate of drug-likeness (QED) is 0.758. The van der Waals surface area contributed by atoms with Crippen molar-refractivity contribution in [2.24, 2.45) is 0 Å². The Morgan fingerprint density at radius 2 is 1.62 bits per heavy atom. The highest BCUT2D eigenvalue weighted by Crippen LogP contribution is 2.41. The lowest BCUT2D eigenvalue weighted by Crippen LogP contribution is -2.55. The number of methoxy groups -OCH3 is 1. The lowest BCUT2D eigenvalue weighted by molar-refractivity contribution is -0.283. The summed E-state index contributed by atoms with van der Waals surface area (Å²) in [4.78, 5) is 2.04. The van der Waals surface area contributed by atoms with Crippen LogP contribution in [0.25, 0.3) is 0 Å². The van der Waals surface area contributed by atoms with E-state index >= 15 is 0 Å². The Morgan fingerprint density at radius 3 is 1.88 bits per heavy atom. The molecule has 0 radical (unpaired) electrons. The summed E-state index contributed by atoms with van der Waals surface area (Å²) < 4.78 is 43.1. The van der Waals surface area contributed by atoms with Gasteiger partial charge in [0.05, 0.1) is 0 Å². The topological polar surface area (TPSA) is 12.5 Å². The molecule has 2 nitrogen and oxygen atoms in total. The van der Waals surface area contributed by atoms with Gasteiger partial charge in [-0.25, -0.2) is 0 Å². The van der Waals surface area contributed by atoms with Gasteiger partial charge in [-0.1, -0.05) is 0 Å². The Balaban J connectivity index is 0.00000225. The van der Waals surface area contributed by atoms with Gasteiger partial charge in [0.25, 0.3) is 0 Å². The molecule has 0 aromatic rings. The van der Waals surface area contributed by atoms with Crippen molar-refractivity contribution in [3.05, 3.63) is 0 Å². The first-order valence-corrected chi connectivity index (χ1v) is 5.18. The number of alkyl halides is 3. The number of rotatable bonds is 2. The molecule has 6 heteroatoms. The lowest BCUT2D eigenvalue weighted by atomic mass is 9.90. The lowest BCUT2D eigenvalue weighted by Gasteiger charge is -2.42. The van der Waals surface area contributed by atoms with Gasteiger partial charge in [-0.15, -0.1) is 12.4 Å². The molecular weight excluding hydrogens is 243 g/mol. The van der Waals surface area contributed by atoms with E-state index in [9.17, 15) is 13.2 Å². The zero-order chi connectivity index (χ0) is 11.7. The molecule has 1 fully saturated rings. The van der Waals surface area contributed by atoms with Gasteiger partial charge in [-0.2, -0.15) is 13.2 Å². The molecule has 0 bridgehead atoms. The molecule has 0 spiro atoms. The molecule has 1 aliphatic heterocycles. The third-order valence-electron chi connectivity index (χ3n) is 3.24. The van der Waals surface area contributed by atoms with Crippen LogP contribution in [0.2, 0.25) is 0 Å². The predicted molar refractivity (Wildman–Crippen MR) is 59.0 cm³/mol. The van der Waals surface area contributed by atoms with Gasteiger partial charge in [0, 0.05) is 26.2 Å². The third-order valence-corrected chi connectivity index (χ3v) is 3.24. The van der Waals surface area contributed by atoms with Crippen molar-refractivity contribution in [3.8, 4) is 0 Å². The first-order valence-electron chi connectivity index (χ1n) is 5.18. The van der Waals surface area contributed by atoms with Crippen LogP contribution >= 0.6 is 12.4 Å². The summed E-state index contributed by atoms with van der Waals surface area (Å²) in [5, 5.41) is 0. The van der Waals surface area contributed by atoms with Crippen LogP contribution < -0.4 is 0 Å². The minimum atomic E-state index is -4.26. The molecule has 1 heterocycles. The Morgan fingerprint density at radius 1 is 1.19 bits per heavy atom. The molecule has 0 saturated carbocycles. The van der Waals surface area contributed by atoms with Crippen LogP contribution in [0.3, 0.4) is 0 Å². The molecule has 1 aliphatic rings. The second-order valence-corrected chi connectivity index (χ2v) is 4.33. The fourth-order valence-electron chi connectivity index (χ4n) is 2.00. The number of ether oxygens (including phenoxy) is 1. The molecule has 0 aromatic heterocycles. The fourth-order valence-corrected chi connectivity index (χ4v) is 2.00. The minimum absolute atomic E-state index is 0. The van der Waals surface area contributed by atoms with Crippen LogP contribution in [0.5, 0.6) is 0 Å². The summed E-state index contributed by atoms with van der Waals surface area (Å²) >= 11 is 0. The fraction of sp³-hybridized carbons (Fsp3) is 1.00. The predicted octanol–water partition coefficient (Wildman–Crippen LogP) is 2.86. The van der Waals surface area contributed by atoms with Gasteiger partial charge >= 0.3 is 6.18 Å². The number of hydrogen-bond acceptors (Lipinski definition) is 2. The van der Waals surface area contributed by atoms with Crippen molar-refractivity contribution in [2.45, 2.75) is 44.5 Å². The molecule has 98 valence electrons. The van der Waals surface area contributed by atoms with Crippen LogP contribution in [0, 0.1) is 0 Å². The van der Waals surface area contributed by atoms with Crippen molar-refractivity contribution < 1.29 is 17.9 Å². The van der Waals surface area contributed by atoms with Crippen LogP contribution in [-0.4, -0.2) is 42.9 Å². The average Bonchev–Trinajstić information content (AvgIpc) is 2.16. The summed E-state index contributed by atoms with van der Waals surface area (Å²) in [6.07, 6.45) is -4.19. The standard InChI is InChI=1S/C10H18F3NO.ClH/c1-8(2)14-6-4-9(15-3,5-7-14)10(11,12)13;/h8H,4-7H2,1-3H3;1H. The molecule has 0 aliphatic carbocycles. The zero-order valence-electron chi connectivity index (χ0n) is 9.80. The molecule has 0 aromatic carbocycles. The van der Waals surface area contributed by atoms with E-state index in [2.05, 4.69) is 0 Å². The van der Waals surface area contributed by atoms with E-state index in [1.807, 2.05) is 18.7 Å². The average molecular weight is 262 g/mol. The number of likely N-dealkylation sites (tertiary alicyclic amines) is 1. The SMILES string of the molecule is COC1(C(F)(F)F)CCN(C(C)C)CC1.Cl. The van der Waals surface area contributed by atoms with Crippen molar-refractivity contribution in [1.29, 1.82) is 0 Å². The number of halogens is 4. The molecule has 1 saturated heterocycles. The van der Waals surface area contributed by atoms with Crippen molar-refractivity contribution in [2.75, 3.05) is 20.2 Å². The van der Waals surface area contributed by atoms with Gasteiger partial charge in [-0.3, -0.25) is 0 Å². The minimum Gasteiger partial charge on any atom is -0.369 e. The zero-order valence-corrected chi connectivity index (χ0v) is 10.6. The monoisotopic (exact) mass is 261 g/mol. The van der Waals surface area contributed by atoms with Crippen molar-refractivity contribution in [1.82, 2.24) is 4.90 Å². The van der Waals surface area contributed by atoms with Crippen LogP contribution in [0.4, 0.5) is 13.2 Å². The van der Waals surface area contributed by atoms with E-state index in [0.717, 1.165) is 7.11 Å². The molecule has 0 N–H and O–H groups in total. The van der Waals surface area contributed by atoms with Crippen LogP contribution in [-0.2, 0) is 4.74 Å². The summed E-state index contributed by atoms with van der Waals surface area (Å²) in [7, 11) is 1.15. The first-order chi connectivity index (χ1) is 6.82. The summed E-state index contributed by atoms with van der Waals surface area (Å²) in [6, 6.07) is 0.299. The van der Waals surface area contributed by atoms with E-state index in [0.29, 0.717) is 19.1 Å². The summed E-state index contributed by atoms with van der Waals surface area (Å²) in [5.41, 5.74) is -1.92. The van der Waals surface area contributed by atoms with E-state index in [4.69, 9.17) is 4.74 Å². The largest absolute Gasteiger partial charge is 0.417 e. The maximum absolute atomic E-state index is 12.8. The van der Waals surface area contributed by atoms with E-state index < -0.39 is 11.8 Å². The van der Waals surface area contributed by atoms with Gasteiger partial charge in [0.1, 0.15) is 0 Å². The van der Waals surface area contributed by atoms with Gasteiger partial charge < -0.3 is 9.64 Å². The molecule has 0 unspecified atom stereocenters. The Labute approximate surface area is 101 Å². The van der Waals surface area contributed by atoms with Gasteiger partial charge in [0.15, 0.2) is 5.60 Å². The highest BCUT2D eigenvalue weighted by atomic mass is 35.5. The van der Waals surface area contributed by atoms with Gasteiger partial charge in [-0.05, 0) is 26.7 Å². The molecule has 1 rings (SSSR count). The molecule has 0 atom stereocenters. The highest BCUT2D eigenvalue weighted by molar-refractivity contribution is 5.85. The van der Waals surface area contributed by atoms with E-state index in [1.165, 1.54) is 0 Å².